The van der Waals surface area contributed by atoms with Crippen molar-refractivity contribution in [3.63, 3.8) is 0 Å². The number of halogens is 1. The molecule has 0 fully saturated rings. The molecule has 0 radical (unpaired) electrons. The van der Waals surface area contributed by atoms with Crippen molar-refractivity contribution in [3.8, 4) is 5.69 Å². The van der Waals surface area contributed by atoms with Gasteiger partial charge in [0.2, 0.25) is 0 Å². The van der Waals surface area contributed by atoms with Crippen LogP contribution in [0.15, 0.2) is 95.0 Å². The van der Waals surface area contributed by atoms with Crippen molar-refractivity contribution in [1.82, 2.24) is 14.8 Å². The van der Waals surface area contributed by atoms with Crippen molar-refractivity contribution in [1.29, 1.82) is 0 Å². The monoisotopic (exact) mass is 455 g/mol. The maximum absolute atomic E-state index is 12.9. The topological polar surface area (TPSA) is 64.8 Å². The summed E-state index contributed by atoms with van der Waals surface area (Å²) in [6.07, 6.45) is 0. The van der Waals surface area contributed by atoms with Crippen LogP contribution in [0.5, 0.6) is 0 Å². The van der Waals surface area contributed by atoms with E-state index < -0.39 is 9.84 Å². The molecule has 4 rings (SSSR count). The van der Waals surface area contributed by atoms with Crippen LogP contribution in [0, 0.1) is 0 Å². The molecule has 0 aliphatic rings. The Morgan fingerprint density at radius 2 is 1.47 bits per heavy atom. The molecule has 1 aromatic heterocycles. The lowest BCUT2D eigenvalue weighted by Gasteiger charge is -2.11. The van der Waals surface area contributed by atoms with E-state index in [4.69, 9.17) is 11.6 Å². The highest BCUT2D eigenvalue weighted by Gasteiger charge is 2.22. The second-order valence-electron chi connectivity index (χ2n) is 6.52. The number of rotatable bonds is 7. The normalized spacial score (nSPS) is 11.5. The molecule has 0 aliphatic heterocycles. The van der Waals surface area contributed by atoms with Crippen LogP contribution in [-0.2, 0) is 21.3 Å². The van der Waals surface area contributed by atoms with Crippen LogP contribution in [0.2, 0.25) is 5.02 Å². The summed E-state index contributed by atoms with van der Waals surface area (Å²) in [6.45, 7) is 0. The van der Waals surface area contributed by atoms with E-state index >= 15 is 0 Å². The molecule has 1 heterocycles. The van der Waals surface area contributed by atoms with E-state index in [1.807, 2.05) is 54.6 Å². The molecule has 0 unspecified atom stereocenters. The average Bonchev–Trinajstić information content (AvgIpc) is 3.16. The molecule has 0 saturated carbocycles. The SMILES string of the molecule is O=S(=O)(Cc1nnc(SCc2ccccc2Cl)n1-c1ccccc1)c1ccccc1. The van der Waals surface area contributed by atoms with Crippen molar-refractivity contribution >= 4 is 33.2 Å². The quantitative estimate of drug-likeness (QED) is 0.359. The van der Waals surface area contributed by atoms with Gasteiger partial charge in [0.1, 0.15) is 5.75 Å². The maximum atomic E-state index is 12.9. The van der Waals surface area contributed by atoms with Crippen LogP contribution in [0.4, 0.5) is 0 Å². The van der Waals surface area contributed by atoms with Gasteiger partial charge in [-0.05, 0) is 35.9 Å². The van der Waals surface area contributed by atoms with Gasteiger partial charge >= 0.3 is 0 Å². The number of hydrogen-bond donors (Lipinski definition) is 0. The van der Waals surface area contributed by atoms with Gasteiger partial charge in [-0.1, -0.05) is 78.0 Å². The first-order chi connectivity index (χ1) is 14.5. The average molecular weight is 456 g/mol. The maximum Gasteiger partial charge on any atom is 0.196 e. The Hall–Kier alpha value is -2.61. The van der Waals surface area contributed by atoms with Crippen LogP contribution < -0.4 is 0 Å². The summed E-state index contributed by atoms with van der Waals surface area (Å²) in [4.78, 5) is 0.262. The molecule has 0 saturated heterocycles. The molecule has 3 aromatic carbocycles. The van der Waals surface area contributed by atoms with Gasteiger partial charge < -0.3 is 0 Å². The largest absolute Gasteiger partial charge is 0.273 e. The zero-order chi connectivity index (χ0) is 21.0. The minimum Gasteiger partial charge on any atom is -0.273 e. The predicted molar refractivity (Wildman–Crippen MR) is 120 cm³/mol. The van der Waals surface area contributed by atoms with E-state index in [1.54, 1.807) is 34.9 Å². The number of sulfone groups is 1. The van der Waals surface area contributed by atoms with Gasteiger partial charge in [-0.25, -0.2) is 8.42 Å². The van der Waals surface area contributed by atoms with E-state index in [0.29, 0.717) is 21.8 Å². The molecular weight excluding hydrogens is 438 g/mol. The summed E-state index contributed by atoms with van der Waals surface area (Å²) in [5.41, 5.74) is 1.78. The second-order valence-corrected chi connectivity index (χ2v) is 9.86. The Balaban J connectivity index is 1.69. The molecule has 0 atom stereocenters. The van der Waals surface area contributed by atoms with Gasteiger partial charge in [0.05, 0.1) is 4.90 Å². The Kier molecular flexibility index (Phi) is 6.22. The zero-order valence-corrected chi connectivity index (χ0v) is 18.2. The third-order valence-electron chi connectivity index (χ3n) is 4.45. The van der Waals surface area contributed by atoms with Gasteiger partial charge in [0.25, 0.3) is 0 Å². The van der Waals surface area contributed by atoms with E-state index in [9.17, 15) is 8.42 Å². The third kappa shape index (κ3) is 4.59. The fourth-order valence-corrected chi connectivity index (χ4v) is 5.48. The lowest BCUT2D eigenvalue weighted by molar-refractivity contribution is 0.593. The van der Waals surface area contributed by atoms with Crippen LogP contribution >= 0.6 is 23.4 Å². The Bertz CT molecular complexity index is 1240. The molecule has 30 heavy (non-hydrogen) atoms. The molecule has 0 bridgehead atoms. The highest BCUT2D eigenvalue weighted by Crippen LogP contribution is 2.29. The summed E-state index contributed by atoms with van der Waals surface area (Å²) in [5.74, 6) is 0.716. The van der Waals surface area contributed by atoms with Gasteiger partial charge in [0, 0.05) is 16.5 Å². The third-order valence-corrected chi connectivity index (χ3v) is 7.43. The number of benzene rings is 3. The van der Waals surface area contributed by atoms with Gasteiger partial charge in [-0.3, -0.25) is 4.57 Å². The van der Waals surface area contributed by atoms with Crippen molar-refractivity contribution < 1.29 is 8.42 Å². The molecule has 0 N–H and O–H groups in total. The van der Waals surface area contributed by atoms with E-state index in [0.717, 1.165) is 11.3 Å². The van der Waals surface area contributed by atoms with E-state index in [1.165, 1.54) is 11.8 Å². The standard InChI is InChI=1S/C22H18ClN3O2S2/c23-20-14-8-7-9-17(20)15-29-22-25-24-21(26(22)18-10-3-1-4-11-18)16-30(27,28)19-12-5-2-6-13-19/h1-14H,15-16H2. The fraction of sp³-hybridized carbons (Fsp3) is 0.0909. The van der Waals surface area contributed by atoms with Crippen LogP contribution in [0.25, 0.3) is 5.69 Å². The number of nitrogens with zero attached hydrogens (tertiary/aromatic N) is 3. The van der Waals surface area contributed by atoms with Crippen LogP contribution in [-0.4, -0.2) is 23.2 Å². The van der Waals surface area contributed by atoms with Crippen molar-refractivity contribution in [2.45, 2.75) is 21.6 Å². The van der Waals surface area contributed by atoms with Gasteiger partial charge in [0.15, 0.2) is 20.8 Å². The lowest BCUT2D eigenvalue weighted by atomic mass is 10.2. The number of hydrogen-bond acceptors (Lipinski definition) is 5. The Labute approximate surface area is 184 Å². The fourth-order valence-electron chi connectivity index (χ4n) is 2.96. The number of thioether (sulfide) groups is 1. The molecule has 0 amide bonds. The molecular formula is C22H18ClN3O2S2. The molecule has 8 heteroatoms. The minimum absolute atomic E-state index is 0.244. The minimum atomic E-state index is -3.56. The van der Waals surface area contributed by atoms with Crippen LogP contribution in [0.1, 0.15) is 11.4 Å². The van der Waals surface area contributed by atoms with E-state index in [-0.39, 0.29) is 10.6 Å². The number of aromatic nitrogens is 3. The summed E-state index contributed by atoms with van der Waals surface area (Å²) in [7, 11) is -3.56. The Morgan fingerprint density at radius 3 is 2.17 bits per heavy atom. The molecule has 0 spiro atoms. The molecule has 5 nitrogen and oxygen atoms in total. The summed E-state index contributed by atoms with van der Waals surface area (Å²) in [5, 5.41) is 9.79. The predicted octanol–water partition coefficient (Wildman–Crippen LogP) is 5.19. The smallest absolute Gasteiger partial charge is 0.196 e. The summed E-state index contributed by atoms with van der Waals surface area (Å²) >= 11 is 7.73. The van der Waals surface area contributed by atoms with Crippen molar-refractivity contribution in [2.24, 2.45) is 0 Å². The highest BCUT2D eigenvalue weighted by molar-refractivity contribution is 7.98. The summed E-state index contributed by atoms with van der Waals surface area (Å²) in [6, 6.07) is 25.5. The van der Waals surface area contributed by atoms with Gasteiger partial charge in [-0.15, -0.1) is 10.2 Å². The molecule has 4 aromatic rings. The first-order valence-electron chi connectivity index (χ1n) is 9.18. The second kappa shape index (κ2) is 9.04. The first-order valence-corrected chi connectivity index (χ1v) is 12.2. The highest BCUT2D eigenvalue weighted by atomic mass is 35.5. The first kappa shape index (κ1) is 20.7. The van der Waals surface area contributed by atoms with Crippen LogP contribution in [0.3, 0.4) is 0 Å². The van der Waals surface area contributed by atoms with Crippen molar-refractivity contribution in [3.05, 3.63) is 101 Å². The summed E-state index contributed by atoms with van der Waals surface area (Å²) < 4.78 is 27.6. The molecule has 152 valence electrons. The number of para-hydroxylation sites is 1. The molecule has 0 aliphatic carbocycles. The zero-order valence-electron chi connectivity index (χ0n) is 15.8. The van der Waals surface area contributed by atoms with Gasteiger partial charge in [-0.2, -0.15) is 0 Å². The lowest BCUT2D eigenvalue weighted by Crippen LogP contribution is -2.11. The van der Waals surface area contributed by atoms with E-state index in [2.05, 4.69) is 10.2 Å². The van der Waals surface area contributed by atoms with Crippen molar-refractivity contribution in [2.75, 3.05) is 0 Å². The Morgan fingerprint density at radius 1 is 0.833 bits per heavy atom.